The lowest BCUT2D eigenvalue weighted by molar-refractivity contribution is 0.106. The van der Waals surface area contributed by atoms with Gasteiger partial charge in [0.05, 0.1) is 12.0 Å². The van der Waals surface area contributed by atoms with Crippen LogP contribution in [0.2, 0.25) is 0 Å². The molecule has 1 aromatic rings. The van der Waals surface area contributed by atoms with Crippen LogP contribution >= 0.6 is 0 Å². The number of nitrogens with one attached hydrogen (secondary N) is 1. The number of benzene rings is 1. The third-order valence-electron chi connectivity index (χ3n) is 5.18. The van der Waals surface area contributed by atoms with E-state index < -0.39 is 10.0 Å². The number of rotatable bonds is 4. The molecule has 0 saturated carbocycles. The van der Waals surface area contributed by atoms with Gasteiger partial charge in [-0.25, -0.2) is 17.9 Å². The van der Waals surface area contributed by atoms with Crippen LogP contribution in [-0.4, -0.2) is 46.2 Å². The Morgan fingerprint density at radius 2 is 1.68 bits per heavy atom. The van der Waals surface area contributed by atoms with E-state index in [2.05, 4.69) is 4.72 Å². The Hall–Kier alpha value is -1.60. The number of amides is 1. The number of hydrogen-bond acceptors (Lipinski definition) is 4. The summed E-state index contributed by atoms with van der Waals surface area (Å²) in [6.07, 6.45) is 1.21. The topological polar surface area (TPSA) is 75.7 Å². The molecular weight excluding hydrogens is 340 g/mol. The molecular formula is C18H28N2O4S. The van der Waals surface area contributed by atoms with E-state index >= 15 is 0 Å². The maximum absolute atomic E-state index is 12.8. The van der Waals surface area contributed by atoms with Crippen LogP contribution in [0, 0.1) is 33.6 Å². The molecule has 140 valence electrons. The number of hydrogen-bond donors (Lipinski definition) is 1. The first-order valence-electron chi connectivity index (χ1n) is 8.57. The predicted octanol–water partition coefficient (Wildman–Crippen LogP) is 2.68. The van der Waals surface area contributed by atoms with Gasteiger partial charge in [0.25, 0.3) is 0 Å². The summed E-state index contributed by atoms with van der Waals surface area (Å²) < 4.78 is 33.2. The summed E-state index contributed by atoms with van der Waals surface area (Å²) in [5, 5.41) is 0. The van der Waals surface area contributed by atoms with E-state index in [1.807, 2.05) is 33.8 Å². The van der Waals surface area contributed by atoms with Crippen LogP contribution in [-0.2, 0) is 14.8 Å². The first-order valence-corrected chi connectivity index (χ1v) is 10.1. The third-order valence-corrected chi connectivity index (χ3v) is 6.87. The van der Waals surface area contributed by atoms with Gasteiger partial charge in [0.2, 0.25) is 10.0 Å². The number of carbonyl (C=O) groups excluding carboxylic acids is 1. The van der Waals surface area contributed by atoms with E-state index in [4.69, 9.17) is 4.74 Å². The second kappa shape index (κ2) is 7.74. The Balaban J connectivity index is 2.06. The lowest BCUT2D eigenvalue weighted by Gasteiger charge is -2.31. The number of methoxy groups -OCH3 is 1. The van der Waals surface area contributed by atoms with Gasteiger partial charge in [-0.3, -0.25) is 0 Å². The molecule has 2 rings (SSSR count). The highest BCUT2D eigenvalue weighted by molar-refractivity contribution is 7.89. The van der Waals surface area contributed by atoms with Crippen LogP contribution in [0.25, 0.3) is 0 Å². The van der Waals surface area contributed by atoms with Crippen molar-refractivity contribution in [2.45, 2.75) is 45.4 Å². The first-order chi connectivity index (χ1) is 11.7. The second-order valence-electron chi connectivity index (χ2n) is 6.84. The second-order valence-corrected chi connectivity index (χ2v) is 8.55. The molecule has 1 amide bonds. The average Bonchev–Trinajstić information content (AvgIpc) is 2.58. The van der Waals surface area contributed by atoms with E-state index in [1.54, 1.807) is 4.90 Å². The standard InChI is InChI=1S/C18H28N2O4S/c1-12-10-13(2)15(4)17(14(12)3)25(22,23)19-11-16-6-8-20(9-7-16)18(21)24-5/h10,16,19H,6-9,11H2,1-5H3. The lowest BCUT2D eigenvalue weighted by Crippen LogP contribution is -2.41. The summed E-state index contributed by atoms with van der Waals surface area (Å²) in [5.41, 5.74) is 3.57. The summed E-state index contributed by atoms with van der Waals surface area (Å²) in [6, 6.07) is 2.02. The van der Waals surface area contributed by atoms with E-state index in [-0.39, 0.29) is 12.0 Å². The van der Waals surface area contributed by atoms with Crippen molar-refractivity contribution in [2.75, 3.05) is 26.7 Å². The van der Waals surface area contributed by atoms with Crippen LogP contribution in [0.5, 0.6) is 0 Å². The Labute approximate surface area is 150 Å². The Bertz CT molecular complexity index is 725. The molecule has 0 unspecified atom stereocenters. The summed E-state index contributed by atoms with van der Waals surface area (Å²) in [7, 11) is -2.18. The van der Waals surface area contributed by atoms with Crippen molar-refractivity contribution in [2.24, 2.45) is 5.92 Å². The fourth-order valence-corrected chi connectivity index (χ4v) is 5.06. The molecule has 1 fully saturated rings. The molecule has 0 radical (unpaired) electrons. The van der Waals surface area contributed by atoms with Crippen molar-refractivity contribution >= 4 is 16.1 Å². The van der Waals surface area contributed by atoms with E-state index in [0.29, 0.717) is 24.5 Å². The summed E-state index contributed by atoms with van der Waals surface area (Å²) in [5.74, 6) is 0.224. The highest BCUT2D eigenvalue weighted by Crippen LogP contribution is 2.26. The molecule has 1 aliphatic heterocycles. The van der Waals surface area contributed by atoms with Gasteiger partial charge in [0.15, 0.2) is 0 Å². The monoisotopic (exact) mass is 368 g/mol. The van der Waals surface area contributed by atoms with Crippen LogP contribution in [0.4, 0.5) is 4.79 Å². The zero-order chi connectivity index (χ0) is 18.8. The Kier molecular flexibility index (Phi) is 6.11. The van der Waals surface area contributed by atoms with Crippen molar-refractivity contribution in [1.82, 2.24) is 9.62 Å². The summed E-state index contributed by atoms with van der Waals surface area (Å²) in [4.78, 5) is 13.6. The average molecular weight is 368 g/mol. The summed E-state index contributed by atoms with van der Waals surface area (Å²) in [6.45, 7) is 9.16. The number of piperidine rings is 1. The number of carbonyl (C=O) groups is 1. The highest BCUT2D eigenvalue weighted by Gasteiger charge is 2.26. The molecule has 0 aliphatic carbocycles. The van der Waals surface area contributed by atoms with Gasteiger partial charge >= 0.3 is 6.09 Å². The number of nitrogens with zero attached hydrogens (tertiary/aromatic N) is 1. The maximum Gasteiger partial charge on any atom is 0.409 e. The van der Waals surface area contributed by atoms with Crippen molar-refractivity contribution in [3.63, 3.8) is 0 Å². The van der Waals surface area contributed by atoms with Crippen molar-refractivity contribution in [3.05, 3.63) is 28.3 Å². The first kappa shape index (κ1) is 19.7. The number of likely N-dealkylation sites (tertiary alicyclic amines) is 1. The van der Waals surface area contributed by atoms with Crippen LogP contribution in [0.1, 0.15) is 35.1 Å². The smallest absolute Gasteiger partial charge is 0.409 e. The fraction of sp³-hybridized carbons (Fsp3) is 0.611. The number of aryl methyl sites for hydroxylation is 2. The number of ether oxygens (including phenoxy) is 1. The van der Waals surface area contributed by atoms with Crippen LogP contribution in [0.3, 0.4) is 0 Å². The molecule has 1 heterocycles. The van der Waals surface area contributed by atoms with Gasteiger partial charge in [-0.2, -0.15) is 0 Å². The van der Waals surface area contributed by atoms with Crippen LogP contribution in [0.15, 0.2) is 11.0 Å². The van der Waals surface area contributed by atoms with E-state index in [9.17, 15) is 13.2 Å². The number of sulfonamides is 1. The van der Waals surface area contributed by atoms with Crippen LogP contribution < -0.4 is 4.72 Å². The molecule has 25 heavy (non-hydrogen) atoms. The Morgan fingerprint density at radius 1 is 1.16 bits per heavy atom. The third kappa shape index (κ3) is 4.33. The molecule has 1 N–H and O–H groups in total. The van der Waals surface area contributed by atoms with Gasteiger partial charge < -0.3 is 9.64 Å². The predicted molar refractivity (Wildman–Crippen MR) is 97.3 cm³/mol. The van der Waals surface area contributed by atoms with E-state index in [0.717, 1.165) is 35.1 Å². The SMILES string of the molecule is COC(=O)N1CCC(CNS(=O)(=O)c2c(C)c(C)cc(C)c2C)CC1. The van der Waals surface area contributed by atoms with Gasteiger partial charge in [-0.05, 0) is 68.7 Å². The zero-order valence-electron chi connectivity index (χ0n) is 15.7. The summed E-state index contributed by atoms with van der Waals surface area (Å²) >= 11 is 0. The minimum Gasteiger partial charge on any atom is -0.453 e. The zero-order valence-corrected chi connectivity index (χ0v) is 16.5. The fourth-order valence-electron chi connectivity index (χ4n) is 3.33. The highest BCUT2D eigenvalue weighted by atomic mass is 32.2. The molecule has 0 aromatic heterocycles. The minimum absolute atomic E-state index is 0.224. The minimum atomic E-state index is -3.56. The van der Waals surface area contributed by atoms with Crippen molar-refractivity contribution in [3.8, 4) is 0 Å². The molecule has 6 nitrogen and oxygen atoms in total. The molecule has 0 bridgehead atoms. The van der Waals surface area contributed by atoms with Gasteiger partial charge in [-0.15, -0.1) is 0 Å². The van der Waals surface area contributed by atoms with Crippen molar-refractivity contribution < 1.29 is 17.9 Å². The molecule has 1 aromatic carbocycles. The molecule has 0 atom stereocenters. The molecule has 0 spiro atoms. The van der Waals surface area contributed by atoms with E-state index in [1.165, 1.54) is 7.11 Å². The largest absolute Gasteiger partial charge is 0.453 e. The van der Waals surface area contributed by atoms with Gasteiger partial charge in [-0.1, -0.05) is 6.07 Å². The normalized spacial score (nSPS) is 16.1. The molecule has 1 saturated heterocycles. The molecule has 7 heteroatoms. The Morgan fingerprint density at radius 3 is 2.16 bits per heavy atom. The maximum atomic E-state index is 12.8. The van der Waals surface area contributed by atoms with Crippen molar-refractivity contribution in [1.29, 1.82) is 0 Å². The van der Waals surface area contributed by atoms with Gasteiger partial charge in [0, 0.05) is 19.6 Å². The quantitative estimate of drug-likeness (QED) is 0.886. The van der Waals surface area contributed by atoms with Gasteiger partial charge in [0.1, 0.15) is 0 Å². The molecule has 1 aliphatic rings. The lowest BCUT2D eigenvalue weighted by atomic mass is 9.97.